The number of quaternary nitrogens is 2. The fourth-order valence-electron chi connectivity index (χ4n) is 1.57. The van der Waals surface area contributed by atoms with Gasteiger partial charge in [-0.15, -0.1) is 20.5 Å². The first-order valence-corrected chi connectivity index (χ1v) is 9.82. The second-order valence-corrected chi connectivity index (χ2v) is 7.82. The van der Waals surface area contributed by atoms with Crippen molar-refractivity contribution in [3.8, 4) is 0 Å². The van der Waals surface area contributed by atoms with Crippen molar-refractivity contribution in [1.29, 1.82) is 0 Å². The van der Waals surface area contributed by atoms with Gasteiger partial charge in [0.25, 0.3) is 0 Å². The van der Waals surface area contributed by atoms with Crippen molar-refractivity contribution in [3.63, 3.8) is 0 Å². The summed E-state index contributed by atoms with van der Waals surface area (Å²) >= 11 is 0. The zero-order valence-corrected chi connectivity index (χ0v) is 17.4. The first-order chi connectivity index (χ1) is 12.2. The molecular formula is C12H26Cl2N2O12. The molecule has 0 fully saturated rings. The number of rotatable bonds is 7. The Bertz CT molecular complexity index is 409. The van der Waals surface area contributed by atoms with E-state index in [2.05, 4.69) is 0 Å². The van der Waals surface area contributed by atoms with Gasteiger partial charge in [0.15, 0.2) is 0 Å². The van der Waals surface area contributed by atoms with Crippen LogP contribution >= 0.6 is 0 Å². The van der Waals surface area contributed by atoms with Gasteiger partial charge in [0.1, 0.15) is 13.1 Å². The van der Waals surface area contributed by atoms with Crippen LogP contribution in [0.3, 0.4) is 0 Å². The second kappa shape index (κ2) is 13.6. The molecule has 28 heavy (non-hydrogen) atoms. The Morgan fingerprint density at radius 2 is 0.821 bits per heavy atom. The van der Waals surface area contributed by atoms with Gasteiger partial charge in [0, 0.05) is 0 Å². The molecule has 0 aliphatic rings. The van der Waals surface area contributed by atoms with Gasteiger partial charge in [0.05, 0.1) is 54.2 Å². The number of carbonyl (C=O) groups excluding carboxylic acids is 2. The van der Waals surface area contributed by atoms with Gasteiger partial charge in [0.2, 0.25) is 0 Å². The molecule has 0 radical (unpaired) electrons. The summed E-state index contributed by atoms with van der Waals surface area (Å²) in [5, 5.41) is 17.7. The van der Waals surface area contributed by atoms with Crippen LogP contribution in [0, 0.1) is 20.5 Å². The molecule has 0 saturated heterocycles. The van der Waals surface area contributed by atoms with E-state index in [-0.39, 0.29) is 46.8 Å². The lowest BCUT2D eigenvalue weighted by Gasteiger charge is -2.28. The number of aliphatic hydroxyl groups excluding tert-OH is 2. The van der Waals surface area contributed by atoms with Gasteiger partial charge < -0.3 is 10.2 Å². The molecule has 0 aliphatic carbocycles. The van der Waals surface area contributed by atoms with Crippen LogP contribution in [0.2, 0.25) is 0 Å². The van der Waals surface area contributed by atoms with E-state index in [9.17, 15) is 9.59 Å². The van der Waals surface area contributed by atoms with E-state index in [0.717, 1.165) is 0 Å². The van der Waals surface area contributed by atoms with Crippen LogP contribution < -0.4 is 37.3 Å². The van der Waals surface area contributed by atoms with Crippen molar-refractivity contribution in [2.24, 2.45) is 0 Å². The van der Waals surface area contributed by atoms with Crippen molar-refractivity contribution in [2.75, 3.05) is 54.5 Å². The van der Waals surface area contributed by atoms with Gasteiger partial charge in [-0.25, -0.2) is 46.9 Å². The Kier molecular flexibility index (Phi) is 15.6. The molecule has 0 spiro atoms. The third-order valence-corrected chi connectivity index (χ3v) is 3.22. The highest BCUT2D eigenvalue weighted by Crippen LogP contribution is 2.08. The molecule has 0 aliphatic heterocycles. The van der Waals surface area contributed by atoms with Crippen LogP contribution in [0.1, 0.15) is 12.8 Å². The maximum atomic E-state index is 11.9. The predicted octanol–water partition coefficient (Wildman–Crippen LogP) is -10.6. The summed E-state index contributed by atoms with van der Waals surface area (Å²) in [6, 6.07) is 0. The maximum Gasteiger partial charge on any atom is 0.314 e. The van der Waals surface area contributed by atoms with Crippen LogP contribution in [-0.2, 0) is 9.59 Å². The highest BCUT2D eigenvalue weighted by atomic mass is 35.7. The standard InChI is InChI=1S/C12H26N2O4.2ClHO4/c1-13(2,7-9-15)11(17)5-6-12(18)14(3,4)8-10-16;2*2-1(3,4)5/h15-16H,5-10H2,1-4H3;2*(H,2,3,4,5)/q+2;;/p-2. The van der Waals surface area contributed by atoms with E-state index in [4.69, 9.17) is 47.5 Å². The minimum Gasteiger partial charge on any atom is -0.390 e. The smallest absolute Gasteiger partial charge is 0.314 e. The highest BCUT2D eigenvalue weighted by Gasteiger charge is 2.30. The SMILES string of the molecule is C[N+](C)(CCO)C(=O)CCC(=O)[N+](C)(C)CCO.[O-][Cl+3]([O-])([O-])[O-].[O-][Cl+3]([O-])([O-])[O-]. The minimum absolute atomic E-state index is 0.0568. The Labute approximate surface area is 166 Å². The topological polar surface area (TPSA) is 259 Å². The van der Waals surface area contributed by atoms with E-state index in [1.807, 2.05) is 0 Å². The predicted molar refractivity (Wildman–Crippen MR) is 67.4 cm³/mol. The fourth-order valence-corrected chi connectivity index (χ4v) is 1.57. The molecule has 0 saturated carbocycles. The summed E-state index contributed by atoms with van der Waals surface area (Å²) in [4.78, 5) is 23.8. The molecule has 0 bridgehead atoms. The molecule has 0 aromatic carbocycles. The monoisotopic (exact) mass is 460 g/mol. The lowest BCUT2D eigenvalue weighted by molar-refractivity contribution is -2.00. The molecule has 16 heteroatoms. The van der Waals surface area contributed by atoms with Crippen LogP contribution in [0.25, 0.3) is 0 Å². The number of aliphatic hydroxyl groups is 2. The van der Waals surface area contributed by atoms with Gasteiger partial charge in [-0.1, -0.05) is 0 Å². The van der Waals surface area contributed by atoms with E-state index >= 15 is 0 Å². The summed E-state index contributed by atoms with van der Waals surface area (Å²) in [5.41, 5.74) is 0. The van der Waals surface area contributed by atoms with Gasteiger partial charge in [-0.2, -0.15) is 0 Å². The summed E-state index contributed by atoms with van der Waals surface area (Å²) in [5.74, 6) is -0.136. The molecule has 2 N–H and O–H groups in total. The molecule has 170 valence electrons. The van der Waals surface area contributed by atoms with Crippen LogP contribution in [0.15, 0.2) is 0 Å². The number of amides is 2. The zero-order valence-electron chi connectivity index (χ0n) is 15.9. The fraction of sp³-hybridized carbons (Fsp3) is 0.833. The molecule has 2 amide bonds. The van der Waals surface area contributed by atoms with Gasteiger partial charge in [-0.3, -0.25) is 8.97 Å². The number of carbonyl (C=O) groups is 2. The molecule has 0 heterocycles. The first-order valence-electron chi connectivity index (χ1n) is 7.35. The number of nitrogens with zero attached hydrogens (tertiary/aromatic N) is 2. The lowest BCUT2D eigenvalue weighted by Crippen LogP contribution is -2.68. The van der Waals surface area contributed by atoms with Crippen molar-refractivity contribution in [2.45, 2.75) is 12.8 Å². The maximum absolute atomic E-state index is 11.9. The van der Waals surface area contributed by atoms with E-state index < -0.39 is 20.5 Å². The quantitative estimate of drug-likeness (QED) is 0.335. The average Bonchev–Trinajstić information content (AvgIpc) is 2.40. The number of halogens is 2. The minimum atomic E-state index is -4.94. The number of hydrogen-bond acceptors (Lipinski definition) is 12. The van der Waals surface area contributed by atoms with E-state index in [0.29, 0.717) is 13.1 Å². The van der Waals surface area contributed by atoms with E-state index in [1.165, 1.54) is 0 Å². The first kappa shape index (κ1) is 32.1. The molecular weight excluding hydrogens is 435 g/mol. The average molecular weight is 461 g/mol. The van der Waals surface area contributed by atoms with Crippen molar-refractivity contribution >= 4 is 11.8 Å². The van der Waals surface area contributed by atoms with Crippen molar-refractivity contribution in [3.05, 3.63) is 0 Å². The molecule has 0 aromatic heterocycles. The Morgan fingerprint density at radius 3 is 0.964 bits per heavy atom. The zero-order chi connectivity index (χ0) is 23.4. The molecule has 0 aromatic rings. The summed E-state index contributed by atoms with van der Waals surface area (Å²) in [6.07, 6.45) is 0.331. The van der Waals surface area contributed by atoms with Gasteiger partial charge in [-0.05, 0) is 0 Å². The summed E-state index contributed by atoms with van der Waals surface area (Å²) in [6.45, 7) is 0.585. The third kappa shape index (κ3) is 25.4. The van der Waals surface area contributed by atoms with Crippen molar-refractivity contribution in [1.82, 2.24) is 0 Å². The Morgan fingerprint density at radius 1 is 0.643 bits per heavy atom. The van der Waals surface area contributed by atoms with Crippen LogP contribution in [0.4, 0.5) is 0 Å². The van der Waals surface area contributed by atoms with Gasteiger partial charge >= 0.3 is 11.8 Å². The van der Waals surface area contributed by atoms with Crippen LogP contribution in [-0.4, -0.2) is 85.5 Å². The second-order valence-electron chi connectivity index (χ2n) is 6.31. The Hall–Kier alpha value is -0.560. The molecule has 14 nitrogen and oxygen atoms in total. The van der Waals surface area contributed by atoms with E-state index in [1.54, 1.807) is 28.2 Å². The molecule has 0 rings (SSSR count). The lowest BCUT2D eigenvalue weighted by atomic mass is 10.2. The normalized spacial score (nSPS) is 12.4. The molecule has 0 unspecified atom stereocenters. The molecule has 0 atom stereocenters. The largest absolute Gasteiger partial charge is 0.390 e. The Balaban J connectivity index is -0.000000512. The number of likely N-dealkylation sites (N-methyl/N-ethyl adjacent to an activating group) is 2. The number of hydrogen-bond donors (Lipinski definition) is 2. The summed E-state index contributed by atoms with van der Waals surface area (Å²) in [7, 11) is -3.01. The van der Waals surface area contributed by atoms with Crippen LogP contribution in [0.5, 0.6) is 0 Å². The highest BCUT2D eigenvalue weighted by molar-refractivity contribution is 5.77. The third-order valence-electron chi connectivity index (χ3n) is 3.22. The van der Waals surface area contributed by atoms with Crippen molar-refractivity contribution < 1.29 is 86.5 Å². The summed E-state index contributed by atoms with van der Waals surface area (Å²) < 4.78 is 68.1.